The first-order chi connectivity index (χ1) is 8.87. The van der Waals surface area contributed by atoms with Gasteiger partial charge in [0.05, 0.1) is 0 Å². The van der Waals surface area contributed by atoms with Crippen molar-refractivity contribution in [3.63, 3.8) is 0 Å². The fraction of sp³-hybridized carbons (Fsp3) is 0.833. The summed E-state index contributed by atoms with van der Waals surface area (Å²) in [5.41, 5.74) is 0. The number of Topliss-reactive ketones (excluding diaryl/α,β-unsaturated/α-hetero) is 1. The molecule has 0 radical (unpaired) electrons. The molecule has 0 aliphatic carbocycles. The molecule has 0 atom stereocenters. The van der Waals surface area contributed by atoms with E-state index in [-0.39, 0.29) is 12.2 Å². The van der Waals surface area contributed by atoms with Gasteiger partial charge in [-0.15, -0.1) is 0 Å². The maximum absolute atomic E-state index is 9.87. The van der Waals surface area contributed by atoms with E-state index >= 15 is 0 Å². The monoisotopic (exact) mass is 314 g/mol. The van der Waals surface area contributed by atoms with Gasteiger partial charge in [0.25, 0.3) is 0 Å². The Morgan fingerprint density at radius 3 is 1.42 bits per heavy atom. The van der Waals surface area contributed by atoms with Gasteiger partial charge in [0.15, 0.2) is 0 Å². The summed E-state index contributed by atoms with van der Waals surface area (Å²) in [6, 6.07) is 0. The Morgan fingerprint density at radius 2 is 1.32 bits per heavy atom. The zero-order chi connectivity index (χ0) is 15.3. The molecule has 0 unspecified atom stereocenters. The van der Waals surface area contributed by atoms with E-state index in [1.165, 1.54) is 6.92 Å². The summed E-state index contributed by atoms with van der Waals surface area (Å²) in [5.74, 6) is -1.37. The SMILES string of the molecule is CC(=O)CC(=O)O.CC[O][Ti]([CH2]C)([O]CC)[O]CC. The number of hydrogen-bond donors (Lipinski definition) is 1. The van der Waals surface area contributed by atoms with Crippen LogP contribution in [0.3, 0.4) is 0 Å². The van der Waals surface area contributed by atoms with Gasteiger partial charge in [-0.1, -0.05) is 0 Å². The Bertz CT molecular complexity index is 228. The second kappa shape index (κ2) is 12.8. The normalized spacial score (nSPS) is 10.6. The zero-order valence-corrected chi connectivity index (χ0v) is 14.1. The van der Waals surface area contributed by atoms with Crippen LogP contribution in [0.5, 0.6) is 0 Å². The van der Waals surface area contributed by atoms with E-state index < -0.39 is 23.7 Å². The van der Waals surface area contributed by atoms with Crippen LogP contribution < -0.4 is 0 Å². The van der Waals surface area contributed by atoms with Crippen LogP contribution in [0.25, 0.3) is 0 Å². The van der Waals surface area contributed by atoms with Crippen LogP contribution in [0.4, 0.5) is 0 Å². The molecule has 0 aromatic rings. The number of carbonyl (C=O) groups excluding carboxylic acids is 1. The van der Waals surface area contributed by atoms with E-state index in [1.807, 2.05) is 20.8 Å². The third kappa shape index (κ3) is 12.5. The van der Waals surface area contributed by atoms with Gasteiger partial charge in [0, 0.05) is 0 Å². The van der Waals surface area contributed by atoms with Gasteiger partial charge in [-0.25, -0.2) is 0 Å². The molecule has 0 amide bonds. The molecule has 0 saturated heterocycles. The number of carboxylic acid groups (broad SMARTS) is 1. The summed E-state index contributed by atoms with van der Waals surface area (Å²) >= 11 is -2.78. The maximum atomic E-state index is 9.87. The van der Waals surface area contributed by atoms with Crippen LogP contribution >= 0.6 is 0 Å². The Balaban J connectivity index is 0. The average molecular weight is 314 g/mol. The van der Waals surface area contributed by atoms with Gasteiger partial charge in [-0.2, -0.15) is 0 Å². The number of aliphatic carboxylic acids is 1. The Labute approximate surface area is 120 Å². The predicted octanol–water partition coefficient (Wildman–Crippen LogP) is 2.48. The van der Waals surface area contributed by atoms with Gasteiger partial charge in [-0.3, -0.25) is 9.59 Å². The molecule has 114 valence electrons. The molecular weight excluding hydrogens is 288 g/mol. The molecule has 0 aliphatic heterocycles. The molecular formula is C12H26O6Ti. The van der Waals surface area contributed by atoms with Crippen LogP contribution in [0.15, 0.2) is 0 Å². The number of ketones is 1. The number of rotatable bonds is 9. The van der Waals surface area contributed by atoms with Crippen LogP contribution in [0, 0.1) is 0 Å². The number of hydrogen-bond acceptors (Lipinski definition) is 5. The Kier molecular flexibility index (Phi) is 14.1. The molecule has 0 aromatic carbocycles. The Hall–Kier alpha value is -0.266. The third-order valence-electron chi connectivity index (χ3n) is 1.93. The van der Waals surface area contributed by atoms with Gasteiger partial charge in [0.1, 0.15) is 12.2 Å². The van der Waals surface area contributed by atoms with Crippen LogP contribution in [-0.4, -0.2) is 36.7 Å². The third-order valence-corrected chi connectivity index (χ3v) is 6.69. The topological polar surface area (TPSA) is 82.1 Å². The first-order valence-electron chi connectivity index (χ1n) is 6.50. The van der Waals surface area contributed by atoms with Gasteiger partial charge in [-0.05, 0) is 6.92 Å². The van der Waals surface area contributed by atoms with Crippen molar-refractivity contribution in [1.82, 2.24) is 0 Å². The van der Waals surface area contributed by atoms with Crippen LogP contribution in [0.2, 0.25) is 4.73 Å². The van der Waals surface area contributed by atoms with Crippen molar-refractivity contribution < 1.29 is 42.4 Å². The summed E-state index contributed by atoms with van der Waals surface area (Å²) in [5, 5.41) is 7.86. The second-order valence-corrected chi connectivity index (χ2v) is 8.20. The second-order valence-electron chi connectivity index (χ2n) is 3.61. The van der Waals surface area contributed by atoms with Gasteiger partial charge in [0.2, 0.25) is 0 Å². The molecule has 0 aromatic heterocycles. The standard InChI is InChI=1S/C4H6O3.3C2H5O.C2H5.Ti/c1-3(5)2-4(6)7;3*1-2-3;1-2;/h2H2,1H3,(H,6,7);3*2H2,1H3;1H2,2H3;/q;3*-1;;+3. The quantitative estimate of drug-likeness (QED) is 0.520. The summed E-state index contributed by atoms with van der Waals surface area (Å²) in [6.07, 6.45) is -0.361. The van der Waals surface area contributed by atoms with Crippen molar-refractivity contribution in [2.45, 2.75) is 45.8 Å². The Morgan fingerprint density at radius 1 is 0.947 bits per heavy atom. The molecule has 0 rings (SSSR count). The summed E-state index contributed by atoms with van der Waals surface area (Å²) in [4.78, 5) is 19.5. The summed E-state index contributed by atoms with van der Waals surface area (Å²) < 4.78 is 17.7. The summed E-state index contributed by atoms with van der Waals surface area (Å²) in [6.45, 7) is 11.3. The van der Waals surface area contributed by atoms with E-state index in [0.717, 1.165) is 4.73 Å². The molecule has 19 heavy (non-hydrogen) atoms. The molecule has 0 bridgehead atoms. The number of carboxylic acids is 1. The van der Waals surface area contributed by atoms with E-state index in [1.54, 1.807) is 0 Å². The van der Waals surface area contributed by atoms with E-state index in [9.17, 15) is 9.59 Å². The first-order valence-corrected chi connectivity index (χ1v) is 9.52. The van der Waals surface area contributed by atoms with Crippen molar-refractivity contribution in [1.29, 1.82) is 0 Å². The molecule has 0 heterocycles. The molecule has 0 aliphatic rings. The molecule has 0 spiro atoms. The molecule has 6 nitrogen and oxygen atoms in total. The fourth-order valence-corrected chi connectivity index (χ4v) is 4.71. The zero-order valence-electron chi connectivity index (χ0n) is 12.5. The van der Waals surface area contributed by atoms with Crippen LogP contribution in [-0.2, 0) is 37.3 Å². The van der Waals surface area contributed by atoms with Gasteiger partial charge >= 0.3 is 85.9 Å². The minimum absolute atomic E-state index is 0.312. The predicted molar refractivity (Wildman–Crippen MR) is 68.3 cm³/mol. The first kappa shape index (κ1) is 21.0. The molecule has 0 saturated carbocycles. The van der Waals surface area contributed by atoms with E-state index in [0.29, 0.717) is 19.8 Å². The van der Waals surface area contributed by atoms with E-state index in [4.69, 9.17) is 15.1 Å². The van der Waals surface area contributed by atoms with Crippen molar-refractivity contribution in [3.05, 3.63) is 0 Å². The molecule has 7 heteroatoms. The average Bonchev–Trinajstić information content (AvgIpc) is 2.29. The molecule has 0 fully saturated rings. The summed E-state index contributed by atoms with van der Waals surface area (Å²) in [7, 11) is 0. The van der Waals surface area contributed by atoms with Crippen molar-refractivity contribution in [2.24, 2.45) is 0 Å². The van der Waals surface area contributed by atoms with Crippen molar-refractivity contribution in [3.8, 4) is 0 Å². The van der Waals surface area contributed by atoms with Crippen LogP contribution in [0.1, 0.15) is 41.0 Å². The number of carbonyl (C=O) groups is 2. The van der Waals surface area contributed by atoms with E-state index in [2.05, 4.69) is 6.92 Å². The van der Waals surface area contributed by atoms with Gasteiger partial charge < -0.3 is 5.11 Å². The van der Waals surface area contributed by atoms with Crippen molar-refractivity contribution >= 4 is 11.8 Å². The fourth-order valence-electron chi connectivity index (χ4n) is 1.30. The minimum atomic E-state index is -2.78. The van der Waals surface area contributed by atoms with Crippen molar-refractivity contribution in [2.75, 3.05) is 19.8 Å². The molecule has 1 N–H and O–H groups in total.